The van der Waals surface area contributed by atoms with E-state index in [9.17, 15) is 0 Å². The number of nitrogens with two attached hydrogens (primary N) is 1. The smallest absolute Gasteiger partial charge is 0.207 e. The Morgan fingerprint density at radius 3 is 2.90 bits per heavy atom. The van der Waals surface area contributed by atoms with Crippen molar-refractivity contribution in [3.8, 4) is 5.75 Å². The van der Waals surface area contributed by atoms with Crippen LogP contribution in [0.3, 0.4) is 0 Å². The molecule has 0 spiro atoms. The van der Waals surface area contributed by atoms with E-state index >= 15 is 0 Å². The van der Waals surface area contributed by atoms with Crippen molar-refractivity contribution in [3.63, 3.8) is 0 Å². The fourth-order valence-corrected chi connectivity index (χ4v) is 3.33. The van der Waals surface area contributed by atoms with E-state index in [-0.39, 0.29) is 0 Å². The third kappa shape index (κ3) is 1.87. The molecule has 0 aliphatic carbocycles. The fraction of sp³-hybridized carbons (Fsp3) is 0.0667. The average Bonchev–Trinajstić information content (AvgIpc) is 2.80. The third-order valence-corrected chi connectivity index (χ3v) is 4.38. The Labute approximate surface area is 125 Å². The zero-order valence-corrected chi connectivity index (χ0v) is 12.1. The topological polar surface area (TPSA) is 65.4 Å². The molecule has 0 fully saturated rings. The number of methoxy groups -OCH3 is 1. The van der Waals surface area contributed by atoms with Gasteiger partial charge >= 0.3 is 0 Å². The van der Waals surface area contributed by atoms with Crippen molar-refractivity contribution in [2.45, 2.75) is 10.1 Å². The Morgan fingerprint density at radius 1 is 1.19 bits per heavy atom. The van der Waals surface area contributed by atoms with Gasteiger partial charge in [0.2, 0.25) is 5.96 Å². The number of para-hydroxylation sites is 2. The van der Waals surface area contributed by atoms with Gasteiger partial charge in [-0.3, -0.25) is 4.57 Å². The molecular weight excluding hydrogens is 284 g/mol. The molecule has 21 heavy (non-hydrogen) atoms. The molecule has 6 heteroatoms. The second-order valence-electron chi connectivity index (χ2n) is 4.62. The summed E-state index contributed by atoms with van der Waals surface area (Å²) in [6, 6.07) is 13.7. The lowest BCUT2D eigenvalue weighted by atomic mass is 10.3. The number of benzene rings is 2. The van der Waals surface area contributed by atoms with Crippen molar-refractivity contribution in [1.82, 2.24) is 9.55 Å². The van der Waals surface area contributed by atoms with E-state index in [1.807, 2.05) is 47.0 Å². The van der Waals surface area contributed by atoms with E-state index in [1.54, 1.807) is 18.9 Å². The minimum absolute atomic E-state index is 0.415. The summed E-state index contributed by atoms with van der Waals surface area (Å²) < 4.78 is 7.12. The van der Waals surface area contributed by atoms with Crippen LogP contribution in [0.5, 0.6) is 5.75 Å². The molecule has 1 aromatic heterocycles. The molecule has 0 amide bonds. The maximum atomic E-state index is 6.18. The summed E-state index contributed by atoms with van der Waals surface area (Å²) in [7, 11) is 1.64. The van der Waals surface area contributed by atoms with Crippen molar-refractivity contribution in [3.05, 3.63) is 42.5 Å². The van der Waals surface area contributed by atoms with Crippen molar-refractivity contribution in [2.24, 2.45) is 10.7 Å². The molecule has 0 unspecified atom stereocenters. The third-order valence-electron chi connectivity index (χ3n) is 3.36. The van der Waals surface area contributed by atoms with E-state index in [1.165, 1.54) is 0 Å². The van der Waals surface area contributed by atoms with Crippen LogP contribution in [0, 0.1) is 0 Å². The number of aliphatic imine (C=N–C) groups is 1. The maximum absolute atomic E-state index is 6.18. The monoisotopic (exact) mass is 296 g/mol. The number of aromatic nitrogens is 2. The van der Waals surface area contributed by atoms with Gasteiger partial charge < -0.3 is 10.5 Å². The first-order valence-electron chi connectivity index (χ1n) is 6.44. The van der Waals surface area contributed by atoms with E-state index in [0.717, 1.165) is 32.5 Å². The SMILES string of the molecule is COc1ccc2c(c1)N=C(N)n1c(nc3ccccc31)S2. The molecule has 3 aromatic rings. The van der Waals surface area contributed by atoms with Crippen LogP contribution in [-0.4, -0.2) is 22.6 Å². The van der Waals surface area contributed by atoms with Gasteiger partial charge in [-0.1, -0.05) is 12.1 Å². The zero-order valence-electron chi connectivity index (χ0n) is 11.3. The van der Waals surface area contributed by atoms with Crippen molar-refractivity contribution >= 4 is 34.4 Å². The van der Waals surface area contributed by atoms with Crippen molar-refractivity contribution in [2.75, 3.05) is 7.11 Å². The predicted octanol–water partition coefficient (Wildman–Crippen LogP) is 3.00. The Kier molecular flexibility index (Phi) is 2.65. The normalized spacial score (nSPS) is 13.3. The molecule has 0 saturated heterocycles. The average molecular weight is 296 g/mol. The molecule has 0 radical (unpaired) electrons. The highest BCUT2D eigenvalue weighted by Crippen LogP contribution is 2.40. The molecular formula is C15H12N4OS. The summed E-state index contributed by atoms with van der Waals surface area (Å²) in [6.07, 6.45) is 0. The largest absolute Gasteiger partial charge is 0.497 e. The first kappa shape index (κ1) is 12.3. The standard InChI is InChI=1S/C15H12N4OS/c1-20-9-6-7-13-11(8-9)17-14(16)19-12-5-3-2-4-10(12)18-15(19)21-13/h2-8H,1H3,(H2,16,17). The molecule has 104 valence electrons. The number of hydrogen-bond donors (Lipinski definition) is 1. The minimum atomic E-state index is 0.415. The highest BCUT2D eigenvalue weighted by Gasteiger charge is 2.19. The maximum Gasteiger partial charge on any atom is 0.207 e. The van der Waals surface area contributed by atoms with Crippen molar-refractivity contribution < 1.29 is 4.74 Å². The van der Waals surface area contributed by atoms with Gasteiger partial charge in [0, 0.05) is 11.0 Å². The second-order valence-corrected chi connectivity index (χ2v) is 5.63. The summed E-state index contributed by atoms with van der Waals surface area (Å²) in [6.45, 7) is 0. The highest BCUT2D eigenvalue weighted by molar-refractivity contribution is 7.99. The molecule has 0 atom stereocenters. The fourth-order valence-electron chi connectivity index (χ4n) is 2.36. The minimum Gasteiger partial charge on any atom is -0.497 e. The summed E-state index contributed by atoms with van der Waals surface area (Å²) in [5, 5.41) is 0.821. The van der Waals surface area contributed by atoms with Crippen LogP contribution in [0.25, 0.3) is 11.0 Å². The highest BCUT2D eigenvalue weighted by atomic mass is 32.2. The molecule has 2 N–H and O–H groups in total. The second kappa shape index (κ2) is 4.53. The van der Waals surface area contributed by atoms with E-state index < -0.39 is 0 Å². The number of nitrogens with zero attached hydrogens (tertiary/aromatic N) is 3. The molecule has 2 heterocycles. The summed E-state index contributed by atoms with van der Waals surface area (Å²) in [5.74, 6) is 1.17. The Bertz CT molecular complexity index is 885. The van der Waals surface area contributed by atoms with Gasteiger partial charge in [0.05, 0.1) is 23.8 Å². The molecule has 1 aliphatic heterocycles. The molecule has 0 saturated carbocycles. The van der Waals surface area contributed by atoms with Gasteiger partial charge in [-0.25, -0.2) is 9.98 Å². The molecule has 2 aromatic carbocycles. The van der Waals surface area contributed by atoms with Gasteiger partial charge in [0.25, 0.3) is 0 Å². The van der Waals surface area contributed by atoms with E-state index in [0.29, 0.717) is 5.96 Å². The van der Waals surface area contributed by atoms with Crippen LogP contribution in [0.2, 0.25) is 0 Å². The summed E-state index contributed by atoms with van der Waals surface area (Å²) >= 11 is 1.55. The molecule has 5 nitrogen and oxygen atoms in total. The van der Waals surface area contributed by atoms with E-state index in [4.69, 9.17) is 10.5 Å². The number of hydrogen-bond acceptors (Lipinski definition) is 5. The summed E-state index contributed by atoms with van der Waals surface area (Å²) in [5.41, 5.74) is 8.85. The van der Waals surface area contributed by atoms with Gasteiger partial charge in [0.15, 0.2) is 5.16 Å². The summed E-state index contributed by atoms with van der Waals surface area (Å²) in [4.78, 5) is 10.2. The molecule has 4 rings (SSSR count). The predicted molar refractivity (Wildman–Crippen MR) is 83.5 cm³/mol. The first-order chi connectivity index (χ1) is 10.3. The van der Waals surface area contributed by atoms with Crippen LogP contribution in [-0.2, 0) is 0 Å². The molecule has 0 bridgehead atoms. The van der Waals surface area contributed by atoms with Gasteiger partial charge in [0.1, 0.15) is 5.75 Å². The first-order valence-corrected chi connectivity index (χ1v) is 7.26. The Balaban J connectivity index is 1.97. The van der Waals surface area contributed by atoms with E-state index in [2.05, 4.69) is 9.98 Å². The Hall–Kier alpha value is -2.47. The number of imidazole rings is 1. The van der Waals surface area contributed by atoms with Gasteiger partial charge in [-0.2, -0.15) is 0 Å². The number of ether oxygens (including phenoxy) is 1. The van der Waals surface area contributed by atoms with Gasteiger partial charge in [-0.05, 0) is 36.0 Å². The van der Waals surface area contributed by atoms with Crippen LogP contribution < -0.4 is 10.5 Å². The lowest BCUT2D eigenvalue weighted by molar-refractivity contribution is 0.414. The van der Waals surface area contributed by atoms with Crippen LogP contribution >= 0.6 is 11.8 Å². The Morgan fingerprint density at radius 2 is 2.05 bits per heavy atom. The number of fused-ring (bicyclic) bond motifs is 4. The van der Waals surface area contributed by atoms with Crippen molar-refractivity contribution in [1.29, 1.82) is 0 Å². The zero-order chi connectivity index (χ0) is 14.4. The lowest BCUT2D eigenvalue weighted by Crippen LogP contribution is -2.21. The lowest BCUT2D eigenvalue weighted by Gasteiger charge is -2.04. The molecule has 1 aliphatic rings. The number of rotatable bonds is 1. The van der Waals surface area contributed by atoms with Gasteiger partial charge in [-0.15, -0.1) is 0 Å². The quantitative estimate of drug-likeness (QED) is 0.749. The van der Waals surface area contributed by atoms with Crippen LogP contribution in [0.15, 0.2) is 57.5 Å². The van der Waals surface area contributed by atoms with Crippen LogP contribution in [0.4, 0.5) is 5.69 Å². The van der Waals surface area contributed by atoms with Crippen LogP contribution in [0.1, 0.15) is 0 Å².